The molecule has 0 spiro atoms. The summed E-state index contributed by atoms with van der Waals surface area (Å²) >= 11 is 0. The lowest BCUT2D eigenvalue weighted by molar-refractivity contribution is -0.150. The Morgan fingerprint density at radius 3 is 3.05 bits per heavy atom. The second-order valence-electron chi connectivity index (χ2n) is 5.10. The number of ether oxygens (including phenoxy) is 1. The molecule has 7 heteroatoms. The Morgan fingerprint density at radius 1 is 1.58 bits per heavy atom. The first-order valence-corrected chi connectivity index (χ1v) is 6.42. The molecule has 0 aliphatic carbocycles. The maximum atomic E-state index is 11.1. The maximum Gasteiger partial charge on any atom is 0.323 e. The standard InChI is InChI=1S/C12H19N3O4/c1-8(2)5-11-13-10(14-19-11)6-15-3-4-18-7-9(15)12(16)17/h8-9H,3-7H2,1-2H3,(H,16,17). The van der Waals surface area contributed by atoms with Crippen LogP contribution in [0.2, 0.25) is 0 Å². The number of aliphatic carboxylic acids is 1. The number of carbonyl (C=O) groups is 1. The van der Waals surface area contributed by atoms with Gasteiger partial charge in [-0.1, -0.05) is 19.0 Å². The van der Waals surface area contributed by atoms with Crippen molar-refractivity contribution < 1.29 is 19.2 Å². The molecule has 106 valence electrons. The van der Waals surface area contributed by atoms with Crippen LogP contribution in [-0.4, -0.2) is 51.9 Å². The van der Waals surface area contributed by atoms with E-state index in [0.717, 1.165) is 6.42 Å². The molecule has 1 fully saturated rings. The van der Waals surface area contributed by atoms with Crippen molar-refractivity contribution in [1.82, 2.24) is 15.0 Å². The third-order valence-corrected chi connectivity index (χ3v) is 2.96. The van der Waals surface area contributed by atoms with Gasteiger partial charge in [0, 0.05) is 13.0 Å². The highest BCUT2D eigenvalue weighted by Gasteiger charge is 2.30. The van der Waals surface area contributed by atoms with Crippen molar-refractivity contribution in [2.45, 2.75) is 32.9 Å². The van der Waals surface area contributed by atoms with Crippen LogP contribution in [0, 0.1) is 5.92 Å². The van der Waals surface area contributed by atoms with Gasteiger partial charge in [-0.25, -0.2) is 0 Å². The number of morpholine rings is 1. The van der Waals surface area contributed by atoms with Crippen molar-refractivity contribution in [2.75, 3.05) is 19.8 Å². The Bertz CT molecular complexity index is 432. The molecule has 1 aromatic heterocycles. The largest absolute Gasteiger partial charge is 0.480 e. The zero-order valence-corrected chi connectivity index (χ0v) is 11.2. The molecule has 7 nitrogen and oxygen atoms in total. The molecule has 1 saturated heterocycles. The molecule has 0 bridgehead atoms. The van der Waals surface area contributed by atoms with Crippen LogP contribution < -0.4 is 0 Å². The van der Waals surface area contributed by atoms with E-state index in [0.29, 0.717) is 37.3 Å². The fraction of sp³-hybridized carbons (Fsp3) is 0.750. The molecule has 19 heavy (non-hydrogen) atoms. The van der Waals surface area contributed by atoms with Crippen LogP contribution in [0.15, 0.2) is 4.52 Å². The van der Waals surface area contributed by atoms with E-state index in [1.165, 1.54) is 0 Å². The van der Waals surface area contributed by atoms with Crippen LogP contribution in [0.4, 0.5) is 0 Å². The summed E-state index contributed by atoms with van der Waals surface area (Å²) in [5.41, 5.74) is 0. The molecule has 1 N–H and O–H groups in total. The molecule has 1 aromatic rings. The van der Waals surface area contributed by atoms with E-state index >= 15 is 0 Å². The van der Waals surface area contributed by atoms with Gasteiger partial charge in [0.1, 0.15) is 6.04 Å². The number of hydrogen-bond donors (Lipinski definition) is 1. The van der Waals surface area contributed by atoms with Gasteiger partial charge in [0.2, 0.25) is 5.89 Å². The van der Waals surface area contributed by atoms with Crippen molar-refractivity contribution in [3.8, 4) is 0 Å². The minimum absolute atomic E-state index is 0.200. The van der Waals surface area contributed by atoms with E-state index in [2.05, 4.69) is 24.0 Å². The van der Waals surface area contributed by atoms with Gasteiger partial charge in [0.15, 0.2) is 5.82 Å². The van der Waals surface area contributed by atoms with Gasteiger partial charge in [0.05, 0.1) is 19.8 Å². The third kappa shape index (κ3) is 3.74. The van der Waals surface area contributed by atoms with Crippen molar-refractivity contribution in [3.63, 3.8) is 0 Å². The quantitative estimate of drug-likeness (QED) is 0.835. The number of nitrogens with zero attached hydrogens (tertiary/aromatic N) is 3. The molecule has 1 atom stereocenters. The first-order valence-electron chi connectivity index (χ1n) is 6.42. The normalized spacial score (nSPS) is 20.9. The summed E-state index contributed by atoms with van der Waals surface area (Å²) in [6.07, 6.45) is 0.735. The predicted octanol–water partition coefficient (Wildman–Crippen LogP) is 0.553. The maximum absolute atomic E-state index is 11.1. The summed E-state index contributed by atoms with van der Waals surface area (Å²) in [5, 5.41) is 13.0. The minimum Gasteiger partial charge on any atom is -0.480 e. The fourth-order valence-corrected chi connectivity index (χ4v) is 2.02. The van der Waals surface area contributed by atoms with Crippen LogP contribution in [0.3, 0.4) is 0 Å². The summed E-state index contributed by atoms with van der Waals surface area (Å²) in [6.45, 7) is 5.82. The molecular weight excluding hydrogens is 250 g/mol. The van der Waals surface area contributed by atoms with E-state index in [9.17, 15) is 4.79 Å². The lowest BCUT2D eigenvalue weighted by atomic mass is 10.1. The minimum atomic E-state index is -0.884. The Hall–Kier alpha value is -1.47. The fourth-order valence-electron chi connectivity index (χ4n) is 2.02. The second-order valence-corrected chi connectivity index (χ2v) is 5.10. The molecule has 2 heterocycles. The summed E-state index contributed by atoms with van der Waals surface area (Å²) < 4.78 is 10.3. The zero-order valence-electron chi connectivity index (χ0n) is 11.2. The van der Waals surface area contributed by atoms with E-state index in [1.807, 2.05) is 0 Å². The second kappa shape index (κ2) is 6.12. The summed E-state index contributed by atoms with van der Waals surface area (Å²) in [5.74, 6) is 0.697. The number of rotatable bonds is 5. The van der Waals surface area contributed by atoms with Crippen molar-refractivity contribution >= 4 is 5.97 Å². The highest BCUT2D eigenvalue weighted by atomic mass is 16.5. The Labute approximate surface area is 111 Å². The molecular formula is C12H19N3O4. The topological polar surface area (TPSA) is 88.7 Å². The van der Waals surface area contributed by atoms with Crippen molar-refractivity contribution in [3.05, 3.63) is 11.7 Å². The Morgan fingerprint density at radius 2 is 2.37 bits per heavy atom. The number of aromatic nitrogens is 2. The van der Waals surface area contributed by atoms with Crippen LogP contribution in [-0.2, 0) is 22.5 Å². The van der Waals surface area contributed by atoms with Crippen molar-refractivity contribution in [2.24, 2.45) is 5.92 Å². The van der Waals surface area contributed by atoms with Gasteiger partial charge in [-0.2, -0.15) is 4.98 Å². The molecule has 1 aliphatic rings. The molecule has 0 amide bonds. The molecule has 1 aliphatic heterocycles. The predicted molar refractivity (Wildman–Crippen MR) is 65.5 cm³/mol. The number of carboxylic acids is 1. The Kier molecular flexibility index (Phi) is 4.49. The third-order valence-electron chi connectivity index (χ3n) is 2.96. The number of carboxylic acid groups (broad SMARTS) is 1. The van der Waals surface area contributed by atoms with Crippen LogP contribution in [0.25, 0.3) is 0 Å². The van der Waals surface area contributed by atoms with E-state index < -0.39 is 12.0 Å². The molecule has 0 radical (unpaired) electrons. The smallest absolute Gasteiger partial charge is 0.323 e. The van der Waals surface area contributed by atoms with E-state index in [-0.39, 0.29) is 6.61 Å². The average molecular weight is 269 g/mol. The highest BCUT2D eigenvalue weighted by molar-refractivity contribution is 5.73. The molecule has 2 rings (SSSR count). The summed E-state index contributed by atoms with van der Waals surface area (Å²) in [4.78, 5) is 17.2. The van der Waals surface area contributed by atoms with Crippen LogP contribution in [0.5, 0.6) is 0 Å². The van der Waals surface area contributed by atoms with Gasteiger partial charge < -0.3 is 14.4 Å². The number of hydrogen-bond acceptors (Lipinski definition) is 6. The van der Waals surface area contributed by atoms with E-state index in [4.69, 9.17) is 14.4 Å². The van der Waals surface area contributed by atoms with Gasteiger partial charge in [-0.15, -0.1) is 0 Å². The lowest BCUT2D eigenvalue weighted by Gasteiger charge is -2.31. The van der Waals surface area contributed by atoms with E-state index in [1.54, 1.807) is 4.90 Å². The first-order chi connectivity index (χ1) is 9.06. The Balaban J connectivity index is 1.98. The molecule has 0 aromatic carbocycles. The average Bonchev–Trinajstić information content (AvgIpc) is 2.76. The first kappa shape index (κ1) is 14.0. The summed E-state index contributed by atoms with van der Waals surface area (Å²) in [6, 6.07) is -0.638. The van der Waals surface area contributed by atoms with Crippen LogP contribution in [0.1, 0.15) is 25.6 Å². The molecule has 0 saturated carbocycles. The lowest BCUT2D eigenvalue weighted by Crippen LogP contribution is -2.49. The molecule has 1 unspecified atom stereocenters. The van der Waals surface area contributed by atoms with Crippen molar-refractivity contribution in [1.29, 1.82) is 0 Å². The van der Waals surface area contributed by atoms with Gasteiger partial charge in [-0.05, 0) is 5.92 Å². The van der Waals surface area contributed by atoms with Crippen LogP contribution >= 0.6 is 0 Å². The van der Waals surface area contributed by atoms with Gasteiger partial charge in [-0.3, -0.25) is 9.69 Å². The monoisotopic (exact) mass is 269 g/mol. The van der Waals surface area contributed by atoms with Gasteiger partial charge in [0.25, 0.3) is 0 Å². The zero-order chi connectivity index (χ0) is 13.8. The summed E-state index contributed by atoms with van der Waals surface area (Å²) in [7, 11) is 0. The SMILES string of the molecule is CC(C)Cc1nc(CN2CCOCC2C(=O)O)no1. The highest BCUT2D eigenvalue weighted by Crippen LogP contribution is 2.12. The van der Waals surface area contributed by atoms with Gasteiger partial charge >= 0.3 is 5.97 Å².